The summed E-state index contributed by atoms with van der Waals surface area (Å²) in [5.74, 6) is 0.135. The Morgan fingerprint density at radius 1 is 1.29 bits per heavy atom. The minimum Gasteiger partial charge on any atom is -0.330 e. The van der Waals surface area contributed by atoms with E-state index < -0.39 is 10.0 Å². The van der Waals surface area contributed by atoms with Crippen molar-refractivity contribution in [3.05, 3.63) is 29.3 Å². The predicted molar refractivity (Wildman–Crippen MR) is 69.3 cm³/mol. The van der Waals surface area contributed by atoms with E-state index in [-0.39, 0.29) is 5.92 Å². The summed E-state index contributed by atoms with van der Waals surface area (Å²) in [5.41, 5.74) is 7.50. The number of nitrogens with one attached hydrogen (secondary N) is 1. The van der Waals surface area contributed by atoms with Crippen molar-refractivity contribution in [1.29, 1.82) is 0 Å². The maximum atomic E-state index is 12.0. The SMILES string of the molecule is Cc1ccc(S(=O)(=O)NCC(C)CN)cc1C. The van der Waals surface area contributed by atoms with Gasteiger partial charge in [0.2, 0.25) is 10.0 Å². The fraction of sp³-hybridized carbons (Fsp3) is 0.500. The van der Waals surface area contributed by atoms with Gasteiger partial charge in [-0.1, -0.05) is 13.0 Å². The topological polar surface area (TPSA) is 72.2 Å². The largest absolute Gasteiger partial charge is 0.330 e. The van der Waals surface area contributed by atoms with Crippen LogP contribution in [-0.4, -0.2) is 21.5 Å². The summed E-state index contributed by atoms with van der Waals surface area (Å²) < 4.78 is 26.5. The van der Waals surface area contributed by atoms with E-state index in [1.54, 1.807) is 12.1 Å². The summed E-state index contributed by atoms with van der Waals surface area (Å²) in [6, 6.07) is 5.12. The first kappa shape index (κ1) is 14.2. The van der Waals surface area contributed by atoms with E-state index in [0.717, 1.165) is 11.1 Å². The van der Waals surface area contributed by atoms with Gasteiger partial charge in [0.15, 0.2) is 0 Å². The highest BCUT2D eigenvalue weighted by atomic mass is 32.2. The van der Waals surface area contributed by atoms with Gasteiger partial charge in [-0.2, -0.15) is 0 Å². The summed E-state index contributed by atoms with van der Waals surface area (Å²) in [6.45, 7) is 6.59. The summed E-state index contributed by atoms with van der Waals surface area (Å²) in [5, 5.41) is 0. The van der Waals surface area contributed by atoms with Crippen molar-refractivity contribution < 1.29 is 8.42 Å². The first-order valence-corrected chi connectivity index (χ1v) is 7.12. The lowest BCUT2D eigenvalue weighted by molar-refractivity contribution is 0.545. The summed E-state index contributed by atoms with van der Waals surface area (Å²) in [4.78, 5) is 0.310. The predicted octanol–water partition coefficient (Wildman–Crippen LogP) is 1.18. The van der Waals surface area contributed by atoms with Crippen LogP contribution in [0.2, 0.25) is 0 Å². The lowest BCUT2D eigenvalue weighted by atomic mass is 10.1. The molecule has 17 heavy (non-hydrogen) atoms. The average Bonchev–Trinajstić information content (AvgIpc) is 2.29. The van der Waals surface area contributed by atoms with Gasteiger partial charge < -0.3 is 5.73 Å². The molecule has 4 nitrogen and oxygen atoms in total. The van der Waals surface area contributed by atoms with Crippen LogP contribution in [0.4, 0.5) is 0 Å². The third kappa shape index (κ3) is 3.80. The van der Waals surface area contributed by atoms with Crippen LogP contribution in [0.15, 0.2) is 23.1 Å². The maximum absolute atomic E-state index is 12.0. The molecule has 96 valence electrons. The lowest BCUT2D eigenvalue weighted by Crippen LogP contribution is -2.31. The van der Waals surface area contributed by atoms with Crippen molar-refractivity contribution in [1.82, 2.24) is 4.72 Å². The summed E-state index contributed by atoms with van der Waals surface area (Å²) >= 11 is 0. The van der Waals surface area contributed by atoms with Crippen LogP contribution in [0, 0.1) is 19.8 Å². The second kappa shape index (κ2) is 5.62. The van der Waals surface area contributed by atoms with Crippen LogP contribution in [0.3, 0.4) is 0 Å². The van der Waals surface area contributed by atoms with Gasteiger partial charge in [-0.05, 0) is 49.6 Å². The Morgan fingerprint density at radius 3 is 2.47 bits per heavy atom. The number of aryl methyl sites for hydroxylation is 2. The van der Waals surface area contributed by atoms with Gasteiger partial charge in [-0.25, -0.2) is 13.1 Å². The Balaban J connectivity index is 2.86. The molecule has 0 spiro atoms. The number of rotatable bonds is 5. The molecule has 0 aromatic heterocycles. The van der Waals surface area contributed by atoms with Gasteiger partial charge in [-0.3, -0.25) is 0 Å². The van der Waals surface area contributed by atoms with Gasteiger partial charge >= 0.3 is 0 Å². The molecule has 0 aliphatic heterocycles. The quantitative estimate of drug-likeness (QED) is 0.831. The standard InChI is InChI=1S/C12H20N2O2S/c1-9(7-13)8-14-17(15,16)12-5-4-10(2)11(3)6-12/h4-6,9,14H,7-8,13H2,1-3H3. The molecular formula is C12H20N2O2S. The molecule has 5 heteroatoms. The molecule has 0 heterocycles. The lowest BCUT2D eigenvalue weighted by Gasteiger charge is -2.11. The molecule has 1 atom stereocenters. The van der Waals surface area contributed by atoms with Crippen LogP contribution in [-0.2, 0) is 10.0 Å². The smallest absolute Gasteiger partial charge is 0.240 e. The molecule has 0 amide bonds. The normalized spacial score (nSPS) is 13.6. The van der Waals surface area contributed by atoms with E-state index in [2.05, 4.69) is 4.72 Å². The molecule has 1 aromatic rings. The number of hydrogen-bond acceptors (Lipinski definition) is 3. The van der Waals surface area contributed by atoms with E-state index in [9.17, 15) is 8.42 Å². The Morgan fingerprint density at radius 2 is 1.94 bits per heavy atom. The van der Waals surface area contributed by atoms with Crippen LogP contribution >= 0.6 is 0 Å². The van der Waals surface area contributed by atoms with Crippen molar-refractivity contribution in [2.45, 2.75) is 25.7 Å². The molecule has 0 bridgehead atoms. The number of sulfonamides is 1. The van der Waals surface area contributed by atoms with Gasteiger partial charge in [-0.15, -0.1) is 0 Å². The first-order chi connectivity index (χ1) is 7.86. The van der Waals surface area contributed by atoms with Crippen LogP contribution < -0.4 is 10.5 Å². The summed E-state index contributed by atoms with van der Waals surface area (Å²) in [6.07, 6.45) is 0. The number of benzene rings is 1. The van der Waals surface area contributed by atoms with E-state index >= 15 is 0 Å². The Bertz CT molecular complexity index is 483. The molecule has 0 aliphatic rings. The van der Waals surface area contributed by atoms with Gasteiger partial charge in [0.1, 0.15) is 0 Å². The van der Waals surface area contributed by atoms with Gasteiger partial charge in [0.25, 0.3) is 0 Å². The van der Waals surface area contributed by atoms with E-state index in [4.69, 9.17) is 5.73 Å². The zero-order valence-electron chi connectivity index (χ0n) is 10.5. The van der Waals surface area contributed by atoms with E-state index in [1.165, 1.54) is 0 Å². The molecule has 0 aliphatic carbocycles. The minimum atomic E-state index is -3.41. The monoisotopic (exact) mass is 256 g/mol. The van der Waals surface area contributed by atoms with Gasteiger partial charge in [0.05, 0.1) is 4.90 Å². The highest BCUT2D eigenvalue weighted by Crippen LogP contribution is 2.14. The first-order valence-electron chi connectivity index (χ1n) is 5.64. The molecule has 0 saturated carbocycles. The molecule has 3 N–H and O–H groups in total. The van der Waals surface area contributed by atoms with Crippen molar-refractivity contribution in [2.75, 3.05) is 13.1 Å². The zero-order chi connectivity index (χ0) is 13.1. The molecule has 1 unspecified atom stereocenters. The Labute approximate surface area is 103 Å². The van der Waals surface area contributed by atoms with Crippen molar-refractivity contribution in [3.63, 3.8) is 0 Å². The Kier molecular flexibility index (Phi) is 4.68. The molecule has 0 saturated heterocycles. The molecule has 0 fully saturated rings. The number of nitrogens with two attached hydrogens (primary N) is 1. The third-order valence-corrected chi connectivity index (χ3v) is 4.23. The zero-order valence-corrected chi connectivity index (χ0v) is 11.3. The van der Waals surface area contributed by atoms with Crippen LogP contribution in [0.5, 0.6) is 0 Å². The van der Waals surface area contributed by atoms with E-state index in [0.29, 0.717) is 18.0 Å². The van der Waals surface area contributed by atoms with Gasteiger partial charge in [0, 0.05) is 6.54 Å². The highest BCUT2D eigenvalue weighted by molar-refractivity contribution is 7.89. The molecule has 0 radical (unpaired) electrons. The molecular weight excluding hydrogens is 236 g/mol. The number of hydrogen-bond donors (Lipinski definition) is 2. The van der Waals surface area contributed by atoms with E-state index in [1.807, 2.05) is 26.8 Å². The van der Waals surface area contributed by atoms with Crippen molar-refractivity contribution in [3.8, 4) is 0 Å². The second-order valence-corrected chi connectivity index (χ2v) is 6.21. The maximum Gasteiger partial charge on any atom is 0.240 e. The Hall–Kier alpha value is -0.910. The molecule has 1 aromatic carbocycles. The molecule has 1 rings (SSSR count). The third-order valence-electron chi connectivity index (χ3n) is 2.81. The fourth-order valence-corrected chi connectivity index (χ4v) is 2.55. The van der Waals surface area contributed by atoms with Crippen molar-refractivity contribution in [2.24, 2.45) is 11.7 Å². The summed E-state index contributed by atoms with van der Waals surface area (Å²) in [7, 11) is -3.41. The minimum absolute atomic E-state index is 0.135. The highest BCUT2D eigenvalue weighted by Gasteiger charge is 2.15. The average molecular weight is 256 g/mol. The fourth-order valence-electron chi connectivity index (χ4n) is 1.30. The van der Waals surface area contributed by atoms with Crippen LogP contribution in [0.1, 0.15) is 18.1 Å². The van der Waals surface area contributed by atoms with Crippen molar-refractivity contribution >= 4 is 10.0 Å². The van der Waals surface area contributed by atoms with Crippen LogP contribution in [0.25, 0.3) is 0 Å². The second-order valence-electron chi connectivity index (χ2n) is 4.44.